The molecular formula is C10H8Cl2N3NaO. The Balaban J connectivity index is 0.00000108. The van der Waals surface area contributed by atoms with E-state index in [9.17, 15) is 4.79 Å². The molecule has 84 valence electrons. The molecule has 0 aliphatic carbocycles. The van der Waals surface area contributed by atoms with E-state index in [0.717, 1.165) is 11.3 Å². The van der Waals surface area contributed by atoms with Gasteiger partial charge in [0, 0.05) is 5.56 Å². The normalized spacial score (nSPS) is 16.7. The van der Waals surface area contributed by atoms with E-state index in [1.807, 2.05) is 4.90 Å². The first-order chi connectivity index (χ1) is 7.65. The first kappa shape index (κ1) is 13.2. The summed E-state index contributed by atoms with van der Waals surface area (Å²) in [6.07, 6.45) is 0. The minimum atomic E-state index is -0.0474. The summed E-state index contributed by atoms with van der Waals surface area (Å²) in [6.45, 7) is 0.882. The summed E-state index contributed by atoms with van der Waals surface area (Å²) in [5.41, 5.74) is 1.64. The number of carbonyl (C=O) groups is 1. The van der Waals surface area contributed by atoms with Gasteiger partial charge in [0.2, 0.25) is 11.9 Å². The third kappa shape index (κ3) is 2.20. The molecular weight excluding hydrogens is 272 g/mol. The molecule has 0 unspecified atom stereocenters. The van der Waals surface area contributed by atoms with Crippen molar-refractivity contribution >= 4 is 70.3 Å². The molecule has 2 heterocycles. The van der Waals surface area contributed by atoms with Gasteiger partial charge in [0.1, 0.15) is 6.54 Å². The molecule has 2 aliphatic rings. The molecule has 17 heavy (non-hydrogen) atoms. The van der Waals surface area contributed by atoms with Crippen LogP contribution >= 0.6 is 23.2 Å². The second-order valence-corrected chi connectivity index (χ2v) is 4.48. The number of guanidine groups is 1. The Hall–Kier alpha value is -0.260. The summed E-state index contributed by atoms with van der Waals surface area (Å²) in [4.78, 5) is 17.4. The van der Waals surface area contributed by atoms with Crippen molar-refractivity contribution in [1.29, 1.82) is 0 Å². The topological polar surface area (TPSA) is 44.7 Å². The van der Waals surface area contributed by atoms with Crippen LogP contribution in [0, 0.1) is 0 Å². The average molecular weight is 280 g/mol. The fourth-order valence-corrected chi connectivity index (χ4v) is 2.26. The van der Waals surface area contributed by atoms with Crippen LogP contribution in [0.1, 0.15) is 5.56 Å². The van der Waals surface area contributed by atoms with E-state index in [-0.39, 0.29) is 35.5 Å². The summed E-state index contributed by atoms with van der Waals surface area (Å²) in [7, 11) is 0. The van der Waals surface area contributed by atoms with Crippen molar-refractivity contribution in [3.05, 3.63) is 27.7 Å². The van der Waals surface area contributed by atoms with Gasteiger partial charge < -0.3 is 4.90 Å². The SMILES string of the molecule is O=C1CN2Cc3c(ccc(Cl)c3Cl)N=C2N1.[NaH]. The van der Waals surface area contributed by atoms with Gasteiger partial charge in [0.15, 0.2) is 0 Å². The van der Waals surface area contributed by atoms with Gasteiger partial charge in [0.25, 0.3) is 0 Å². The van der Waals surface area contributed by atoms with E-state index in [1.54, 1.807) is 12.1 Å². The van der Waals surface area contributed by atoms with Gasteiger partial charge in [-0.3, -0.25) is 10.1 Å². The Labute approximate surface area is 130 Å². The zero-order valence-electron chi connectivity index (χ0n) is 8.13. The molecule has 1 amide bonds. The van der Waals surface area contributed by atoms with Crippen molar-refractivity contribution in [3.8, 4) is 0 Å². The Morgan fingerprint density at radius 1 is 1.29 bits per heavy atom. The predicted molar refractivity (Wildman–Crippen MR) is 69.3 cm³/mol. The molecule has 1 aromatic carbocycles. The van der Waals surface area contributed by atoms with Crippen LogP contribution in [0.5, 0.6) is 0 Å². The van der Waals surface area contributed by atoms with E-state index < -0.39 is 0 Å². The molecule has 1 N–H and O–H groups in total. The molecule has 0 spiro atoms. The molecule has 0 bridgehead atoms. The molecule has 3 rings (SSSR count). The monoisotopic (exact) mass is 279 g/mol. The van der Waals surface area contributed by atoms with Crippen LogP contribution in [-0.4, -0.2) is 52.9 Å². The number of hydrogen-bond acceptors (Lipinski definition) is 3. The van der Waals surface area contributed by atoms with Crippen LogP contribution in [0.25, 0.3) is 0 Å². The molecule has 1 saturated heterocycles. The van der Waals surface area contributed by atoms with Crippen molar-refractivity contribution in [2.75, 3.05) is 6.54 Å². The summed E-state index contributed by atoms with van der Waals surface area (Å²) in [6, 6.07) is 3.51. The summed E-state index contributed by atoms with van der Waals surface area (Å²) < 4.78 is 0. The van der Waals surface area contributed by atoms with Crippen LogP contribution in [-0.2, 0) is 11.3 Å². The third-order valence-corrected chi connectivity index (χ3v) is 3.48. The van der Waals surface area contributed by atoms with E-state index in [4.69, 9.17) is 23.2 Å². The molecule has 1 aromatic rings. The molecule has 0 atom stereocenters. The summed E-state index contributed by atoms with van der Waals surface area (Å²) in [5, 5.41) is 3.72. The second kappa shape index (κ2) is 4.78. The van der Waals surface area contributed by atoms with Crippen molar-refractivity contribution in [2.45, 2.75) is 6.54 Å². The second-order valence-electron chi connectivity index (χ2n) is 3.70. The van der Waals surface area contributed by atoms with Crippen LogP contribution in [0.2, 0.25) is 10.0 Å². The molecule has 4 nitrogen and oxygen atoms in total. The van der Waals surface area contributed by atoms with Gasteiger partial charge >= 0.3 is 29.6 Å². The van der Waals surface area contributed by atoms with Gasteiger partial charge in [-0.25, -0.2) is 4.99 Å². The van der Waals surface area contributed by atoms with E-state index in [2.05, 4.69) is 10.3 Å². The Kier molecular flexibility index (Phi) is 3.71. The fourth-order valence-electron chi connectivity index (χ4n) is 1.86. The minimum absolute atomic E-state index is 0. The number of benzene rings is 1. The summed E-state index contributed by atoms with van der Waals surface area (Å²) in [5.74, 6) is 0.546. The van der Waals surface area contributed by atoms with Crippen LogP contribution in [0.15, 0.2) is 17.1 Å². The number of fused-ring (bicyclic) bond motifs is 2. The molecule has 0 radical (unpaired) electrons. The molecule has 0 saturated carbocycles. The number of nitrogens with zero attached hydrogens (tertiary/aromatic N) is 2. The molecule has 0 aromatic heterocycles. The standard InChI is InChI=1S/C10H7Cl2N3O.Na.H/c11-6-1-2-7-5(9(6)12)3-15-4-8(16)14-10(15)13-7;;/h1-2H,3-4H2,(H,13,14,16);;. The number of halogens is 2. The number of hydrogen-bond donors (Lipinski definition) is 1. The maximum absolute atomic E-state index is 11.2. The molecule has 2 aliphatic heterocycles. The van der Waals surface area contributed by atoms with Crippen molar-refractivity contribution in [2.24, 2.45) is 4.99 Å². The first-order valence-electron chi connectivity index (χ1n) is 4.75. The Morgan fingerprint density at radius 2 is 2.06 bits per heavy atom. The Bertz CT molecular complexity index is 533. The van der Waals surface area contributed by atoms with E-state index in [0.29, 0.717) is 29.1 Å². The third-order valence-electron chi connectivity index (χ3n) is 2.63. The number of rotatable bonds is 0. The van der Waals surface area contributed by atoms with E-state index >= 15 is 0 Å². The van der Waals surface area contributed by atoms with Crippen molar-refractivity contribution < 1.29 is 4.79 Å². The molecule has 1 fully saturated rings. The first-order valence-corrected chi connectivity index (χ1v) is 5.51. The van der Waals surface area contributed by atoms with Crippen LogP contribution in [0.4, 0.5) is 5.69 Å². The number of amides is 1. The summed E-state index contributed by atoms with van der Waals surface area (Å²) >= 11 is 12.0. The number of carbonyl (C=O) groups excluding carboxylic acids is 1. The van der Waals surface area contributed by atoms with E-state index in [1.165, 1.54) is 0 Å². The maximum atomic E-state index is 11.2. The van der Waals surface area contributed by atoms with Gasteiger partial charge in [-0.1, -0.05) is 23.2 Å². The van der Waals surface area contributed by atoms with Crippen molar-refractivity contribution in [3.63, 3.8) is 0 Å². The fraction of sp³-hybridized carbons (Fsp3) is 0.200. The van der Waals surface area contributed by atoms with Crippen molar-refractivity contribution in [1.82, 2.24) is 10.2 Å². The van der Waals surface area contributed by atoms with Crippen LogP contribution in [0.3, 0.4) is 0 Å². The van der Waals surface area contributed by atoms with Gasteiger partial charge in [0.05, 0.1) is 22.3 Å². The average Bonchev–Trinajstić information content (AvgIpc) is 2.61. The quantitative estimate of drug-likeness (QED) is 0.727. The molecule has 7 heteroatoms. The van der Waals surface area contributed by atoms with Gasteiger partial charge in [-0.15, -0.1) is 0 Å². The van der Waals surface area contributed by atoms with Crippen LogP contribution < -0.4 is 5.32 Å². The predicted octanol–water partition coefficient (Wildman–Crippen LogP) is 1.28. The number of aliphatic imine (C=N–C) groups is 1. The zero-order chi connectivity index (χ0) is 11.3. The Morgan fingerprint density at radius 3 is 2.82 bits per heavy atom. The zero-order valence-corrected chi connectivity index (χ0v) is 9.64. The van der Waals surface area contributed by atoms with Gasteiger partial charge in [-0.05, 0) is 12.1 Å². The number of nitrogens with one attached hydrogen (secondary N) is 1. The van der Waals surface area contributed by atoms with Gasteiger partial charge in [-0.2, -0.15) is 0 Å².